The third-order valence-electron chi connectivity index (χ3n) is 9.52. The molecular weight excluding hydrogens is 637 g/mol. The molecule has 7 heteroatoms. The van der Waals surface area contributed by atoms with Gasteiger partial charge in [-0.1, -0.05) is 156 Å². The number of hydrogen-bond donors (Lipinski definition) is 0. The Balaban J connectivity index is -0.000000846. The Kier molecular flexibility index (Phi) is 50.4. The van der Waals surface area contributed by atoms with Gasteiger partial charge < -0.3 is 29.6 Å². The Morgan fingerprint density at radius 1 is 0.327 bits per heavy atom. The topological polar surface area (TPSA) is 86.7 Å². The SMILES string of the molecule is CCCCCCCCN(CCCCCCCC)CCCCC(=O)[O-].CCCCCCCCN(CCCCCCCC)CCCCC(=O)[O-].[Ca+2]. The summed E-state index contributed by atoms with van der Waals surface area (Å²) in [5.41, 5.74) is 0. The van der Waals surface area contributed by atoms with Crippen LogP contribution in [-0.2, 0) is 9.59 Å². The van der Waals surface area contributed by atoms with E-state index < -0.39 is 11.9 Å². The van der Waals surface area contributed by atoms with E-state index in [-0.39, 0.29) is 50.6 Å². The average molecular weight is 721 g/mol. The van der Waals surface area contributed by atoms with Crippen molar-refractivity contribution in [2.75, 3.05) is 39.3 Å². The minimum absolute atomic E-state index is 0. The van der Waals surface area contributed by atoms with E-state index in [9.17, 15) is 19.8 Å². The first-order valence-corrected chi connectivity index (χ1v) is 21.2. The predicted octanol–water partition coefficient (Wildman–Crippen LogP) is 9.48. The molecule has 0 fully saturated rings. The number of carbonyl (C=O) groups is 2. The van der Waals surface area contributed by atoms with Crippen molar-refractivity contribution < 1.29 is 19.8 Å². The molecule has 0 saturated carbocycles. The van der Waals surface area contributed by atoms with Gasteiger partial charge in [-0.15, -0.1) is 0 Å². The number of rotatable bonds is 38. The van der Waals surface area contributed by atoms with E-state index in [4.69, 9.17) is 0 Å². The van der Waals surface area contributed by atoms with Crippen molar-refractivity contribution in [1.29, 1.82) is 0 Å². The molecule has 0 spiro atoms. The van der Waals surface area contributed by atoms with Crippen LogP contribution in [0, 0.1) is 0 Å². The van der Waals surface area contributed by atoms with Crippen LogP contribution in [0.15, 0.2) is 0 Å². The summed E-state index contributed by atoms with van der Waals surface area (Å²) in [4.78, 5) is 26.2. The molecule has 0 heterocycles. The van der Waals surface area contributed by atoms with E-state index in [0.29, 0.717) is 0 Å². The van der Waals surface area contributed by atoms with Gasteiger partial charge in [0, 0.05) is 11.9 Å². The number of carboxylic acids is 2. The predicted molar refractivity (Wildman–Crippen MR) is 210 cm³/mol. The standard InChI is InChI=1S/2C21H43NO2.Ca/c2*1-3-5-7-9-11-14-18-22(20-16-13-17-21(23)24)19-15-12-10-8-6-4-2;/h2*3-20H2,1-2H3,(H,23,24);/q;;+2/p-2. The molecule has 0 aliphatic carbocycles. The summed E-state index contributed by atoms with van der Waals surface area (Å²) >= 11 is 0. The Bertz CT molecular complexity index is 566. The summed E-state index contributed by atoms with van der Waals surface area (Å²) in [7, 11) is 0. The summed E-state index contributed by atoms with van der Waals surface area (Å²) < 4.78 is 0. The molecule has 288 valence electrons. The fourth-order valence-corrected chi connectivity index (χ4v) is 6.34. The van der Waals surface area contributed by atoms with E-state index in [1.54, 1.807) is 0 Å². The first-order valence-electron chi connectivity index (χ1n) is 21.2. The second-order valence-corrected chi connectivity index (χ2v) is 14.4. The van der Waals surface area contributed by atoms with Gasteiger partial charge in [-0.2, -0.15) is 0 Å². The Morgan fingerprint density at radius 3 is 0.714 bits per heavy atom. The quantitative estimate of drug-likeness (QED) is 0.0467. The molecule has 49 heavy (non-hydrogen) atoms. The molecule has 0 N–H and O–H groups in total. The Hall–Kier alpha value is 0.120. The molecule has 0 aromatic rings. The summed E-state index contributed by atoms with van der Waals surface area (Å²) in [6, 6.07) is 0. The van der Waals surface area contributed by atoms with Crippen LogP contribution >= 0.6 is 0 Å². The smallest absolute Gasteiger partial charge is 0.550 e. The molecule has 0 amide bonds. The maximum absolute atomic E-state index is 10.5. The third kappa shape index (κ3) is 48.1. The van der Waals surface area contributed by atoms with Crippen LogP contribution < -0.4 is 10.2 Å². The molecule has 0 bridgehead atoms. The van der Waals surface area contributed by atoms with Crippen molar-refractivity contribution in [2.24, 2.45) is 0 Å². The van der Waals surface area contributed by atoms with Gasteiger partial charge in [-0.3, -0.25) is 0 Å². The van der Waals surface area contributed by atoms with Gasteiger partial charge in [0.15, 0.2) is 0 Å². The summed E-state index contributed by atoms with van der Waals surface area (Å²) in [5.74, 6) is -1.82. The molecule has 0 radical (unpaired) electrons. The van der Waals surface area contributed by atoms with Crippen LogP contribution in [0.5, 0.6) is 0 Å². The Labute approximate surface area is 336 Å². The largest absolute Gasteiger partial charge is 2.00 e. The maximum atomic E-state index is 10.5. The van der Waals surface area contributed by atoms with Crippen molar-refractivity contribution in [1.82, 2.24) is 9.80 Å². The van der Waals surface area contributed by atoms with Gasteiger partial charge in [0.1, 0.15) is 0 Å². The zero-order valence-corrected chi connectivity index (χ0v) is 35.9. The maximum Gasteiger partial charge on any atom is 2.00 e. The molecule has 0 aliphatic rings. The van der Waals surface area contributed by atoms with Crippen LogP contribution in [0.2, 0.25) is 0 Å². The van der Waals surface area contributed by atoms with Crippen LogP contribution in [0.4, 0.5) is 0 Å². The van der Waals surface area contributed by atoms with E-state index in [2.05, 4.69) is 37.5 Å². The van der Waals surface area contributed by atoms with Crippen LogP contribution in [0.1, 0.15) is 220 Å². The molecule has 0 unspecified atom stereocenters. The fourth-order valence-electron chi connectivity index (χ4n) is 6.34. The van der Waals surface area contributed by atoms with E-state index in [1.165, 1.54) is 180 Å². The van der Waals surface area contributed by atoms with Gasteiger partial charge in [0.25, 0.3) is 0 Å². The molecule has 0 aromatic carbocycles. The van der Waals surface area contributed by atoms with Crippen molar-refractivity contribution >= 4 is 49.7 Å². The summed E-state index contributed by atoms with van der Waals surface area (Å²) in [6.07, 6.45) is 36.1. The molecule has 0 aliphatic heterocycles. The normalized spacial score (nSPS) is 11.1. The zero-order chi connectivity index (χ0) is 35.8. The number of nitrogens with zero attached hydrogens (tertiary/aromatic N) is 2. The van der Waals surface area contributed by atoms with Crippen molar-refractivity contribution in [3.05, 3.63) is 0 Å². The minimum atomic E-state index is -0.909. The molecule has 0 saturated heterocycles. The van der Waals surface area contributed by atoms with Crippen molar-refractivity contribution in [3.63, 3.8) is 0 Å². The van der Waals surface area contributed by atoms with E-state index in [0.717, 1.165) is 38.8 Å². The monoisotopic (exact) mass is 721 g/mol. The van der Waals surface area contributed by atoms with Crippen LogP contribution in [0.25, 0.3) is 0 Å². The zero-order valence-electron chi connectivity index (χ0n) is 33.7. The fraction of sp³-hybridized carbons (Fsp3) is 0.952. The first-order chi connectivity index (χ1) is 23.4. The Morgan fingerprint density at radius 2 is 0.510 bits per heavy atom. The molecular formula is C42H84CaN2O4. The number of unbranched alkanes of at least 4 members (excludes halogenated alkanes) is 22. The average Bonchev–Trinajstić information content (AvgIpc) is 3.07. The molecule has 0 rings (SSSR count). The van der Waals surface area contributed by atoms with Gasteiger partial charge in [0.2, 0.25) is 0 Å². The summed E-state index contributed by atoms with van der Waals surface area (Å²) in [5, 5.41) is 21.0. The van der Waals surface area contributed by atoms with Crippen LogP contribution in [0.3, 0.4) is 0 Å². The van der Waals surface area contributed by atoms with Gasteiger partial charge in [0.05, 0.1) is 0 Å². The summed E-state index contributed by atoms with van der Waals surface area (Å²) in [6.45, 7) is 15.9. The second-order valence-electron chi connectivity index (χ2n) is 14.4. The number of carbonyl (C=O) groups excluding carboxylic acids is 2. The molecule has 0 aromatic heterocycles. The molecule has 0 atom stereocenters. The second kappa shape index (κ2) is 46.1. The van der Waals surface area contributed by atoms with Crippen molar-refractivity contribution in [2.45, 2.75) is 220 Å². The van der Waals surface area contributed by atoms with Crippen LogP contribution in [-0.4, -0.2) is 98.7 Å². The van der Waals surface area contributed by atoms with Crippen molar-refractivity contribution in [3.8, 4) is 0 Å². The third-order valence-corrected chi connectivity index (χ3v) is 9.52. The number of aliphatic carboxylic acids is 2. The minimum Gasteiger partial charge on any atom is -0.550 e. The van der Waals surface area contributed by atoms with E-state index in [1.807, 2.05) is 0 Å². The van der Waals surface area contributed by atoms with Gasteiger partial charge in [-0.05, 0) is 103 Å². The number of carboxylic acid groups (broad SMARTS) is 2. The number of hydrogen-bond acceptors (Lipinski definition) is 6. The first kappa shape index (κ1) is 53.5. The van der Waals surface area contributed by atoms with E-state index >= 15 is 0 Å². The van der Waals surface area contributed by atoms with Gasteiger partial charge >= 0.3 is 37.7 Å². The molecule has 6 nitrogen and oxygen atoms in total. The van der Waals surface area contributed by atoms with Gasteiger partial charge in [-0.25, -0.2) is 0 Å².